The number of hydrogen-bond acceptors (Lipinski definition) is 3. The van der Waals surface area contributed by atoms with E-state index in [9.17, 15) is 21.6 Å². The van der Waals surface area contributed by atoms with Gasteiger partial charge in [0.05, 0.1) is 11.3 Å². The molecule has 1 aromatic carbocycles. The van der Waals surface area contributed by atoms with Gasteiger partial charge in [0, 0.05) is 13.1 Å². The lowest BCUT2D eigenvalue weighted by Gasteiger charge is -2.31. The van der Waals surface area contributed by atoms with Crippen molar-refractivity contribution in [1.82, 2.24) is 9.62 Å². The van der Waals surface area contributed by atoms with E-state index < -0.39 is 22.6 Å². The molecular weight excluding hydrogens is 377 g/mol. The summed E-state index contributed by atoms with van der Waals surface area (Å²) in [6.45, 7) is 4.70. The first kappa shape index (κ1) is 22.2. The van der Waals surface area contributed by atoms with Gasteiger partial charge in [-0.25, -0.2) is 8.42 Å². The van der Waals surface area contributed by atoms with Crippen LogP contribution in [0.1, 0.15) is 25.3 Å². The second kappa shape index (κ2) is 9.21. The van der Waals surface area contributed by atoms with Gasteiger partial charge in [-0.3, -0.25) is 0 Å². The van der Waals surface area contributed by atoms with Gasteiger partial charge in [0.15, 0.2) is 0 Å². The zero-order valence-electron chi connectivity index (χ0n) is 14.1. The molecule has 1 N–H and O–H groups in total. The topological polar surface area (TPSA) is 49.4 Å². The molecular formula is C16H24ClF3N2O2S. The number of nitrogens with zero attached hydrogens (tertiary/aromatic N) is 1. The molecule has 9 heteroatoms. The molecule has 1 saturated heterocycles. The third-order valence-corrected chi connectivity index (χ3v) is 6.14. The molecule has 1 aromatic rings. The molecule has 1 heterocycles. The van der Waals surface area contributed by atoms with Crippen LogP contribution in [0.5, 0.6) is 0 Å². The van der Waals surface area contributed by atoms with E-state index in [1.165, 1.54) is 28.6 Å². The minimum atomic E-state index is -4.30. The summed E-state index contributed by atoms with van der Waals surface area (Å²) in [4.78, 5) is 0.0542. The standard InChI is InChI=1S/C16H23F3N2O2S.ClH/c1-2-20-12-14-7-9-21(10-8-14)24(22,23)15-5-3-13(4-6-15)11-16(17,18)19;/h3-6,14,20H,2,7-12H2,1H3;1H. The summed E-state index contributed by atoms with van der Waals surface area (Å²) >= 11 is 0. The van der Waals surface area contributed by atoms with Gasteiger partial charge < -0.3 is 5.32 Å². The predicted octanol–water partition coefficient (Wildman–Crippen LogP) is 3.22. The van der Waals surface area contributed by atoms with E-state index in [-0.39, 0.29) is 22.9 Å². The van der Waals surface area contributed by atoms with Gasteiger partial charge in [0.25, 0.3) is 0 Å². The second-order valence-electron chi connectivity index (χ2n) is 6.09. The van der Waals surface area contributed by atoms with Crippen LogP contribution < -0.4 is 5.32 Å². The van der Waals surface area contributed by atoms with E-state index >= 15 is 0 Å². The Kier molecular flexibility index (Phi) is 8.18. The van der Waals surface area contributed by atoms with E-state index in [4.69, 9.17) is 0 Å². The third kappa shape index (κ3) is 6.44. The summed E-state index contributed by atoms with van der Waals surface area (Å²) in [6.07, 6.45) is -3.77. The van der Waals surface area contributed by atoms with Gasteiger partial charge in [-0.1, -0.05) is 19.1 Å². The van der Waals surface area contributed by atoms with Crippen LogP contribution in [0.4, 0.5) is 13.2 Å². The Labute approximate surface area is 153 Å². The first-order chi connectivity index (χ1) is 11.2. The van der Waals surface area contributed by atoms with Crippen LogP contribution in [0.3, 0.4) is 0 Å². The zero-order chi connectivity index (χ0) is 17.8. The monoisotopic (exact) mass is 400 g/mol. The Bertz CT molecular complexity index is 628. The lowest BCUT2D eigenvalue weighted by molar-refractivity contribution is -0.127. The molecule has 0 unspecified atom stereocenters. The Balaban J connectivity index is 0.00000312. The van der Waals surface area contributed by atoms with E-state index in [1.54, 1.807) is 0 Å². The highest BCUT2D eigenvalue weighted by Crippen LogP contribution is 2.25. The fraction of sp³-hybridized carbons (Fsp3) is 0.625. The van der Waals surface area contributed by atoms with Crippen LogP contribution in [0.25, 0.3) is 0 Å². The third-order valence-electron chi connectivity index (χ3n) is 4.22. The number of piperidine rings is 1. The quantitative estimate of drug-likeness (QED) is 0.797. The van der Waals surface area contributed by atoms with Crippen molar-refractivity contribution in [2.45, 2.75) is 37.3 Å². The highest BCUT2D eigenvalue weighted by atomic mass is 35.5. The van der Waals surface area contributed by atoms with Gasteiger partial charge in [0.1, 0.15) is 0 Å². The molecule has 0 radical (unpaired) electrons. The number of sulfonamides is 1. The Morgan fingerprint density at radius 1 is 1.16 bits per heavy atom. The maximum absolute atomic E-state index is 12.6. The number of alkyl halides is 3. The molecule has 0 spiro atoms. The molecule has 2 rings (SSSR count). The normalized spacial score (nSPS) is 17.3. The number of benzene rings is 1. The van der Waals surface area contributed by atoms with Gasteiger partial charge in [0.2, 0.25) is 10.0 Å². The van der Waals surface area contributed by atoms with E-state index in [0.717, 1.165) is 25.9 Å². The molecule has 0 saturated carbocycles. The Morgan fingerprint density at radius 2 is 1.72 bits per heavy atom. The van der Waals surface area contributed by atoms with Crippen molar-refractivity contribution in [3.8, 4) is 0 Å². The molecule has 144 valence electrons. The van der Waals surface area contributed by atoms with Crippen molar-refractivity contribution in [1.29, 1.82) is 0 Å². The first-order valence-electron chi connectivity index (χ1n) is 8.09. The largest absolute Gasteiger partial charge is 0.393 e. The van der Waals surface area contributed by atoms with Crippen molar-refractivity contribution < 1.29 is 21.6 Å². The van der Waals surface area contributed by atoms with Crippen molar-refractivity contribution in [3.05, 3.63) is 29.8 Å². The lowest BCUT2D eigenvalue weighted by atomic mass is 9.98. The number of nitrogens with one attached hydrogen (secondary N) is 1. The van der Waals surface area contributed by atoms with Crippen LogP contribution in [0.15, 0.2) is 29.2 Å². The summed E-state index contributed by atoms with van der Waals surface area (Å²) in [5.74, 6) is 0.463. The predicted molar refractivity (Wildman–Crippen MR) is 93.5 cm³/mol. The highest BCUT2D eigenvalue weighted by molar-refractivity contribution is 7.89. The molecule has 0 aliphatic carbocycles. The van der Waals surface area contributed by atoms with Crippen molar-refractivity contribution in [2.75, 3.05) is 26.2 Å². The summed E-state index contributed by atoms with van der Waals surface area (Å²) in [6, 6.07) is 5.00. The Hall–Kier alpha value is -0.830. The molecule has 0 atom stereocenters. The summed E-state index contributed by atoms with van der Waals surface area (Å²) in [5, 5.41) is 3.27. The molecule has 1 aliphatic heterocycles. The van der Waals surface area contributed by atoms with Crippen LogP contribution in [0.2, 0.25) is 0 Å². The molecule has 25 heavy (non-hydrogen) atoms. The van der Waals surface area contributed by atoms with Gasteiger partial charge >= 0.3 is 6.18 Å². The Morgan fingerprint density at radius 3 is 2.20 bits per heavy atom. The number of hydrogen-bond donors (Lipinski definition) is 1. The summed E-state index contributed by atoms with van der Waals surface area (Å²) < 4.78 is 63.7. The summed E-state index contributed by atoms with van der Waals surface area (Å²) in [7, 11) is -3.63. The average molecular weight is 401 g/mol. The number of rotatable bonds is 6. The van der Waals surface area contributed by atoms with Gasteiger partial charge in [-0.2, -0.15) is 17.5 Å². The number of halogens is 4. The van der Waals surface area contributed by atoms with Crippen molar-refractivity contribution in [2.24, 2.45) is 5.92 Å². The highest BCUT2D eigenvalue weighted by Gasteiger charge is 2.30. The molecule has 4 nitrogen and oxygen atoms in total. The fourth-order valence-corrected chi connectivity index (χ4v) is 4.33. The molecule has 1 aliphatic rings. The lowest BCUT2D eigenvalue weighted by Crippen LogP contribution is -2.40. The van der Waals surface area contributed by atoms with Crippen molar-refractivity contribution >= 4 is 22.4 Å². The molecule has 0 bridgehead atoms. The van der Waals surface area contributed by atoms with Gasteiger partial charge in [-0.05, 0) is 49.5 Å². The fourth-order valence-electron chi connectivity index (χ4n) is 2.86. The van der Waals surface area contributed by atoms with Crippen LogP contribution >= 0.6 is 12.4 Å². The molecule has 0 aromatic heterocycles. The summed E-state index contributed by atoms with van der Waals surface area (Å²) in [5.41, 5.74) is 0.0609. The maximum atomic E-state index is 12.6. The second-order valence-corrected chi connectivity index (χ2v) is 8.03. The van der Waals surface area contributed by atoms with E-state index in [0.29, 0.717) is 19.0 Å². The van der Waals surface area contributed by atoms with Crippen LogP contribution in [0, 0.1) is 5.92 Å². The van der Waals surface area contributed by atoms with E-state index in [2.05, 4.69) is 5.32 Å². The SMILES string of the molecule is CCNCC1CCN(S(=O)(=O)c2ccc(CC(F)(F)F)cc2)CC1.Cl. The minimum absolute atomic E-state index is 0. The zero-order valence-corrected chi connectivity index (χ0v) is 15.7. The smallest absolute Gasteiger partial charge is 0.317 e. The average Bonchev–Trinajstić information content (AvgIpc) is 2.52. The van der Waals surface area contributed by atoms with Crippen LogP contribution in [-0.2, 0) is 16.4 Å². The van der Waals surface area contributed by atoms with Crippen molar-refractivity contribution in [3.63, 3.8) is 0 Å². The molecule has 0 amide bonds. The minimum Gasteiger partial charge on any atom is -0.317 e. The van der Waals surface area contributed by atoms with E-state index in [1.807, 2.05) is 6.92 Å². The molecule has 1 fully saturated rings. The van der Waals surface area contributed by atoms with Gasteiger partial charge in [-0.15, -0.1) is 12.4 Å². The maximum Gasteiger partial charge on any atom is 0.393 e. The van der Waals surface area contributed by atoms with Crippen LogP contribution in [-0.4, -0.2) is 45.1 Å². The first-order valence-corrected chi connectivity index (χ1v) is 9.53.